The summed E-state index contributed by atoms with van der Waals surface area (Å²) in [6, 6.07) is 6.69. The van der Waals surface area contributed by atoms with Crippen molar-refractivity contribution in [1.29, 1.82) is 0 Å². The van der Waals surface area contributed by atoms with Gasteiger partial charge in [0.15, 0.2) is 0 Å². The van der Waals surface area contributed by atoms with E-state index in [2.05, 4.69) is 10.6 Å². The quantitative estimate of drug-likeness (QED) is 0.783. The van der Waals surface area contributed by atoms with E-state index in [0.717, 1.165) is 26.0 Å². The van der Waals surface area contributed by atoms with E-state index in [0.29, 0.717) is 24.2 Å². The van der Waals surface area contributed by atoms with Gasteiger partial charge in [0.2, 0.25) is 0 Å². The van der Waals surface area contributed by atoms with Crippen molar-refractivity contribution in [3.05, 3.63) is 35.4 Å². The van der Waals surface area contributed by atoms with Crippen LogP contribution in [0.3, 0.4) is 0 Å². The van der Waals surface area contributed by atoms with Gasteiger partial charge in [0, 0.05) is 37.4 Å². The van der Waals surface area contributed by atoms with Crippen molar-refractivity contribution in [1.82, 2.24) is 15.5 Å². The van der Waals surface area contributed by atoms with Gasteiger partial charge in [-0.1, -0.05) is 0 Å². The Kier molecular flexibility index (Phi) is 6.55. The first-order valence-electron chi connectivity index (χ1n) is 7.99. The van der Waals surface area contributed by atoms with E-state index in [1.807, 2.05) is 19.0 Å². The zero-order chi connectivity index (χ0) is 16.7. The summed E-state index contributed by atoms with van der Waals surface area (Å²) in [5.74, 6) is -0.266. The molecule has 0 aliphatic carbocycles. The maximum Gasteiger partial charge on any atom is 0.251 e. The first kappa shape index (κ1) is 17.4. The summed E-state index contributed by atoms with van der Waals surface area (Å²) in [7, 11) is 3.91. The molecule has 0 bridgehead atoms. The van der Waals surface area contributed by atoms with Gasteiger partial charge in [-0.05, 0) is 51.2 Å². The molecule has 0 spiro atoms. The predicted molar refractivity (Wildman–Crippen MR) is 88.6 cm³/mol. The normalized spacial score (nSPS) is 17.3. The Morgan fingerprint density at radius 2 is 1.74 bits per heavy atom. The van der Waals surface area contributed by atoms with Crippen LogP contribution in [0, 0.1) is 0 Å². The van der Waals surface area contributed by atoms with Crippen LogP contribution in [0.5, 0.6) is 0 Å². The molecule has 1 heterocycles. The molecule has 6 heteroatoms. The summed E-state index contributed by atoms with van der Waals surface area (Å²) in [4.78, 5) is 26.0. The average molecular weight is 319 g/mol. The largest absolute Gasteiger partial charge is 0.376 e. The van der Waals surface area contributed by atoms with Crippen molar-refractivity contribution in [2.75, 3.05) is 40.3 Å². The number of hydrogen-bond donors (Lipinski definition) is 2. The van der Waals surface area contributed by atoms with E-state index in [1.54, 1.807) is 24.3 Å². The minimum absolute atomic E-state index is 0.126. The number of nitrogens with one attached hydrogen (secondary N) is 2. The molecule has 1 aromatic carbocycles. The maximum absolute atomic E-state index is 12.1. The maximum atomic E-state index is 12.1. The Labute approximate surface area is 137 Å². The van der Waals surface area contributed by atoms with Gasteiger partial charge >= 0.3 is 0 Å². The Bertz CT molecular complexity index is 522. The molecule has 1 unspecified atom stereocenters. The van der Waals surface area contributed by atoms with Gasteiger partial charge in [0.25, 0.3) is 11.8 Å². The van der Waals surface area contributed by atoms with Crippen LogP contribution >= 0.6 is 0 Å². The molecule has 126 valence electrons. The first-order valence-corrected chi connectivity index (χ1v) is 7.99. The van der Waals surface area contributed by atoms with Crippen molar-refractivity contribution >= 4 is 11.8 Å². The molecule has 2 rings (SSSR count). The van der Waals surface area contributed by atoms with Crippen LogP contribution in [-0.2, 0) is 4.74 Å². The van der Waals surface area contributed by atoms with Gasteiger partial charge in [-0.25, -0.2) is 0 Å². The molecule has 0 radical (unpaired) electrons. The van der Waals surface area contributed by atoms with E-state index in [9.17, 15) is 9.59 Å². The summed E-state index contributed by atoms with van der Waals surface area (Å²) < 4.78 is 5.47. The minimum atomic E-state index is -0.139. The molecule has 1 aliphatic rings. The molecule has 1 saturated heterocycles. The summed E-state index contributed by atoms with van der Waals surface area (Å²) in [6.07, 6.45) is 2.17. The molecule has 6 nitrogen and oxygen atoms in total. The topological polar surface area (TPSA) is 70.7 Å². The Balaban J connectivity index is 1.80. The van der Waals surface area contributed by atoms with Gasteiger partial charge in [-0.15, -0.1) is 0 Å². The highest BCUT2D eigenvalue weighted by Crippen LogP contribution is 2.11. The number of rotatable bonds is 7. The third-order valence-corrected chi connectivity index (χ3v) is 3.77. The monoisotopic (exact) mass is 319 g/mol. The number of benzene rings is 1. The van der Waals surface area contributed by atoms with Crippen LogP contribution < -0.4 is 10.6 Å². The van der Waals surface area contributed by atoms with Crippen molar-refractivity contribution in [3.63, 3.8) is 0 Å². The highest BCUT2D eigenvalue weighted by atomic mass is 16.5. The molecule has 2 N–H and O–H groups in total. The van der Waals surface area contributed by atoms with Gasteiger partial charge in [0.05, 0.1) is 6.10 Å². The summed E-state index contributed by atoms with van der Waals surface area (Å²) in [5, 5.41) is 5.71. The molecule has 2 amide bonds. The van der Waals surface area contributed by atoms with E-state index in [-0.39, 0.29) is 17.9 Å². The lowest BCUT2D eigenvalue weighted by molar-refractivity contribution is 0.0857. The number of carbonyl (C=O) groups excluding carboxylic acids is 2. The van der Waals surface area contributed by atoms with Crippen LogP contribution in [0.2, 0.25) is 0 Å². The summed E-state index contributed by atoms with van der Waals surface area (Å²) >= 11 is 0. The van der Waals surface area contributed by atoms with E-state index in [4.69, 9.17) is 4.74 Å². The van der Waals surface area contributed by atoms with Crippen molar-refractivity contribution in [3.8, 4) is 0 Å². The third kappa shape index (κ3) is 5.65. The van der Waals surface area contributed by atoms with Gasteiger partial charge in [-0.3, -0.25) is 9.59 Å². The van der Waals surface area contributed by atoms with Gasteiger partial charge in [-0.2, -0.15) is 0 Å². The lowest BCUT2D eigenvalue weighted by Gasteiger charge is -2.12. The molecule has 23 heavy (non-hydrogen) atoms. The fourth-order valence-corrected chi connectivity index (χ4v) is 2.38. The highest BCUT2D eigenvalue weighted by molar-refractivity contribution is 5.97. The SMILES string of the molecule is CN(C)CCNC(=O)c1ccc(C(=O)NCC2CCCO2)cc1. The van der Waals surface area contributed by atoms with Gasteiger partial charge in [0.1, 0.15) is 0 Å². The van der Waals surface area contributed by atoms with Gasteiger partial charge < -0.3 is 20.3 Å². The van der Waals surface area contributed by atoms with Crippen molar-refractivity contribution < 1.29 is 14.3 Å². The number of ether oxygens (including phenoxy) is 1. The van der Waals surface area contributed by atoms with Crippen LogP contribution in [0.15, 0.2) is 24.3 Å². The number of amides is 2. The molecule has 1 fully saturated rings. The second-order valence-electron chi connectivity index (χ2n) is 5.98. The smallest absolute Gasteiger partial charge is 0.251 e. The number of nitrogens with zero attached hydrogens (tertiary/aromatic N) is 1. The Morgan fingerprint density at radius 1 is 1.13 bits per heavy atom. The predicted octanol–water partition coefficient (Wildman–Crippen LogP) is 0.887. The van der Waals surface area contributed by atoms with Crippen molar-refractivity contribution in [2.45, 2.75) is 18.9 Å². The Hall–Kier alpha value is -1.92. The summed E-state index contributed by atoms with van der Waals surface area (Å²) in [6.45, 7) is 2.69. The van der Waals surface area contributed by atoms with Crippen molar-refractivity contribution in [2.24, 2.45) is 0 Å². The average Bonchev–Trinajstić information content (AvgIpc) is 3.05. The molecule has 1 aliphatic heterocycles. The third-order valence-electron chi connectivity index (χ3n) is 3.77. The number of likely N-dealkylation sites (N-methyl/N-ethyl adjacent to an activating group) is 1. The highest BCUT2D eigenvalue weighted by Gasteiger charge is 2.16. The number of hydrogen-bond acceptors (Lipinski definition) is 4. The van der Waals surface area contributed by atoms with E-state index < -0.39 is 0 Å². The lowest BCUT2D eigenvalue weighted by atomic mass is 10.1. The van der Waals surface area contributed by atoms with Crippen LogP contribution in [0.1, 0.15) is 33.6 Å². The molecular weight excluding hydrogens is 294 g/mol. The molecule has 1 atom stereocenters. The Morgan fingerprint density at radius 3 is 2.26 bits per heavy atom. The zero-order valence-electron chi connectivity index (χ0n) is 13.8. The molecular formula is C17H25N3O3. The van der Waals surface area contributed by atoms with Crippen LogP contribution in [0.4, 0.5) is 0 Å². The number of carbonyl (C=O) groups is 2. The second kappa shape index (κ2) is 8.64. The van der Waals surface area contributed by atoms with E-state index in [1.165, 1.54) is 0 Å². The standard InChI is InChI=1S/C17H25N3O3/c1-20(2)10-9-18-16(21)13-5-7-14(8-6-13)17(22)19-12-15-4-3-11-23-15/h5-8,15H,3-4,9-12H2,1-2H3,(H,18,21)(H,19,22). The summed E-state index contributed by atoms with van der Waals surface area (Å²) in [5.41, 5.74) is 1.10. The minimum Gasteiger partial charge on any atom is -0.376 e. The fourth-order valence-electron chi connectivity index (χ4n) is 2.38. The molecule has 1 aromatic rings. The fraction of sp³-hybridized carbons (Fsp3) is 0.529. The molecule has 0 saturated carbocycles. The van der Waals surface area contributed by atoms with Crippen LogP contribution in [0.25, 0.3) is 0 Å². The lowest BCUT2D eigenvalue weighted by Crippen LogP contribution is -2.32. The van der Waals surface area contributed by atoms with Crippen LogP contribution in [-0.4, -0.2) is 63.2 Å². The van der Waals surface area contributed by atoms with E-state index >= 15 is 0 Å². The zero-order valence-corrected chi connectivity index (χ0v) is 13.8. The second-order valence-corrected chi connectivity index (χ2v) is 5.98. The molecule has 0 aromatic heterocycles. The first-order chi connectivity index (χ1) is 11.1.